The maximum Gasteiger partial charge on any atom is 0.317 e. The van der Waals surface area contributed by atoms with Gasteiger partial charge in [-0.25, -0.2) is 0 Å². The van der Waals surface area contributed by atoms with Gasteiger partial charge in [0, 0.05) is 6.54 Å². The van der Waals surface area contributed by atoms with Crippen molar-refractivity contribution in [1.29, 1.82) is 0 Å². The first-order valence-electron chi connectivity index (χ1n) is 4.79. The highest BCUT2D eigenvalue weighted by molar-refractivity contribution is 5.68. The van der Waals surface area contributed by atoms with Crippen LogP contribution in [0.1, 0.15) is 12.8 Å². The highest BCUT2D eigenvalue weighted by Crippen LogP contribution is 2.13. The highest BCUT2D eigenvalue weighted by Gasteiger charge is 2.16. The quantitative estimate of drug-likeness (QED) is 0.649. The molecule has 2 N–H and O–H groups in total. The minimum absolute atomic E-state index is 0.0835. The van der Waals surface area contributed by atoms with Crippen LogP contribution in [0.4, 0.5) is 0 Å². The fourth-order valence-electron chi connectivity index (χ4n) is 1.82. The normalized spacial score (nSPS) is 24.5. The van der Waals surface area contributed by atoms with Crippen molar-refractivity contribution in [3.8, 4) is 0 Å². The Morgan fingerprint density at radius 2 is 2.46 bits per heavy atom. The summed E-state index contributed by atoms with van der Waals surface area (Å²) in [5, 5.41) is 11.4. The third kappa shape index (κ3) is 4.24. The van der Waals surface area contributed by atoms with Gasteiger partial charge in [-0.1, -0.05) is 0 Å². The molecule has 1 saturated heterocycles. The second-order valence-electron chi connectivity index (χ2n) is 3.80. The van der Waals surface area contributed by atoms with Gasteiger partial charge in [0.2, 0.25) is 0 Å². The third-order valence-corrected chi connectivity index (χ3v) is 2.43. The SMILES string of the molecule is CN1CCCC(CNCC(=O)O)C1. The summed E-state index contributed by atoms with van der Waals surface area (Å²) >= 11 is 0. The van der Waals surface area contributed by atoms with Gasteiger partial charge < -0.3 is 15.3 Å². The molecule has 0 spiro atoms. The molecule has 76 valence electrons. The molecule has 1 atom stereocenters. The van der Waals surface area contributed by atoms with Crippen molar-refractivity contribution in [2.75, 3.05) is 33.2 Å². The molecule has 0 aromatic rings. The summed E-state index contributed by atoms with van der Waals surface area (Å²) in [6.45, 7) is 3.18. The standard InChI is InChI=1S/C9H18N2O2/c1-11-4-2-3-8(7-11)5-10-6-9(12)13/h8,10H,2-7H2,1H3,(H,12,13). The molecule has 0 saturated carbocycles. The van der Waals surface area contributed by atoms with Gasteiger partial charge in [0.25, 0.3) is 0 Å². The lowest BCUT2D eigenvalue weighted by atomic mass is 9.98. The van der Waals surface area contributed by atoms with E-state index in [-0.39, 0.29) is 6.54 Å². The molecule has 0 aromatic heterocycles. The number of piperidine rings is 1. The minimum Gasteiger partial charge on any atom is -0.480 e. The molecule has 1 aliphatic rings. The summed E-state index contributed by atoms with van der Waals surface area (Å²) in [7, 11) is 2.11. The molecule has 13 heavy (non-hydrogen) atoms. The van der Waals surface area contributed by atoms with Crippen LogP contribution in [-0.4, -0.2) is 49.2 Å². The van der Waals surface area contributed by atoms with E-state index in [1.54, 1.807) is 0 Å². The topological polar surface area (TPSA) is 52.6 Å². The van der Waals surface area contributed by atoms with Crippen molar-refractivity contribution in [2.24, 2.45) is 5.92 Å². The number of nitrogens with zero attached hydrogens (tertiary/aromatic N) is 1. The van der Waals surface area contributed by atoms with Crippen LogP contribution in [-0.2, 0) is 4.79 Å². The Morgan fingerprint density at radius 1 is 1.69 bits per heavy atom. The lowest BCUT2D eigenvalue weighted by Gasteiger charge is -2.29. The molecule has 0 aromatic carbocycles. The van der Waals surface area contributed by atoms with E-state index < -0.39 is 5.97 Å². The molecule has 1 aliphatic heterocycles. The number of carboxylic acid groups (broad SMARTS) is 1. The van der Waals surface area contributed by atoms with Crippen LogP contribution < -0.4 is 5.32 Å². The molecule has 0 bridgehead atoms. The van der Waals surface area contributed by atoms with Gasteiger partial charge in [0.15, 0.2) is 0 Å². The summed E-state index contributed by atoms with van der Waals surface area (Å²) in [5.74, 6) is -0.151. The first-order valence-corrected chi connectivity index (χ1v) is 4.79. The molecule has 0 amide bonds. The van der Waals surface area contributed by atoms with Crippen molar-refractivity contribution < 1.29 is 9.90 Å². The number of hydrogen-bond acceptors (Lipinski definition) is 3. The van der Waals surface area contributed by atoms with Gasteiger partial charge in [-0.2, -0.15) is 0 Å². The van der Waals surface area contributed by atoms with Crippen LogP contribution in [0.5, 0.6) is 0 Å². The fraction of sp³-hybridized carbons (Fsp3) is 0.889. The average molecular weight is 186 g/mol. The van der Waals surface area contributed by atoms with Gasteiger partial charge in [0.1, 0.15) is 0 Å². The molecule has 4 nitrogen and oxygen atoms in total. The van der Waals surface area contributed by atoms with E-state index in [1.807, 2.05) is 0 Å². The van der Waals surface area contributed by atoms with E-state index >= 15 is 0 Å². The second-order valence-corrected chi connectivity index (χ2v) is 3.80. The van der Waals surface area contributed by atoms with Crippen LogP contribution in [0.2, 0.25) is 0 Å². The zero-order valence-electron chi connectivity index (χ0n) is 8.12. The molecule has 0 radical (unpaired) electrons. The summed E-state index contributed by atoms with van der Waals surface area (Å²) in [4.78, 5) is 12.5. The van der Waals surface area contributed by atoms with Crippen LogP contribution in [0.25, 0.3) is 0 Å². The zero-order valence-corrected chi connectivity index (χ0v) is 8.12. The van der Waals surface area contributed by atoms with E-state index in [1.165, 1.54) is 19.4 Å². The Labute approximate surface area is 78.9 Å². The van der Waals surface area contributed by atoms with E-state index in [2.05, 4.69) is 17.3 Å². The van der Waals surface area contributed by atoms with Gasteiger partial charge in [0.05, 0.1) is 6.54 Å². The zero-order chi connectivity index (χ0) is 9.68. The van der Waals surface area contributed by atoms with Crippen LogP contribution in [0, 0.1) is 5.92 Å². The van der Waals surface area contributed by atoms with E-state index in [4.69, 9.17) is 5.11 Å². The van der Waals surface area contributed by atoms with Crippen molar-refractivity contribution >= 4 is 5.97 Å². The fourth-order valence-corrected chi connectivity index (χ4v) is 1.82. The molecule has 0 aliphatic carbocycles. The van der Waals surface area contributed by atoms with Crippen LogP contribution in [0.3, 0.4) is 0 Å². The number of aliphatic carboxylic acids is 1. The van der Waals surface area contributed by atoms with Crippen molar-refractivity contribution in [3.63, 3.8) is 0 Å². The summed E-state index contributed by atoms with van der Waals surface area (Å²) in [5.41, 5.74) is 0. The number of carboxylic acids is 1. The van der Waals surface area contributed by atoms with Gasteiger partial charge in [-0.05, 0) is 38.9 Å². The Morgan fingerprint density at radius 3 is 3.08 bits per heavy atom. The Balaban J connectivity index is 2.10. The summed E-state index contributed by atoms with van der Waals surface area (Å²) in [6, 6.07) is 0. The number of rotatable bonds is 4. The molecule has 1 rings (SSSR count). The third-order valence-electron chi connectivity index (χ3n) is 2.43. The monoisotopic (exact) mass is 186 g/mol. The Hall–Kier alpha value is -0.610. The molecule has 1 fully saturated rings. The molecular formula is C9H18N2O2. The highest BCUT2D eigenvalue weighted by atomic mass is 16.4. The predicted octanol–water partition coefficient (Wildman–Crippen LogP) is 0.00240. The van der Waals surface area contributed by atoms with E-state index in [0.717, 1.165) is 13.1 Å². The number of likely N-dealkylation sites (tertiary alicyclic amines) is 1. The van der Waals surface area contributed by atoms with Crippen molar-refractivity contribution in [1.82, 2.24) is 10.2 Å². The smallest absolute Gasteiger partial charge is 0.317 e. The van der Waals surface area contributed by atoms with Crippen LogP contribution >= 0.6 is 0 Å². The van der Waals surface area contributed by atoms with Gasteiger partial charge in [-0.15, -0.1) is 0 Å². The molecule has 1 heterocycles. The minimum atomic E-state index is -0.774. The van der Waals surface area contributed by atoms with Gasteiger partial charge >= 0.3 is 5.97 Å². The average Bonchev–Trinajstić information content (AvgIpc) is 2.03. The Bertz CT molecular complexity index is 173. The first-order chi connectivity index (χ1) is 6.18. The molecule has 1 unspecified atom stereocenters. The maximum atomic E-state index is 10.2. The summed E-state index contributed by atoms with van der Waals surface area (Å²) in [6.07, 6.45) is 2.45. The van der Waals surface area contributed by atoms with E-state index in [9.17, 15) is 4.79 Å². The number of carbonyl (C=O) groups is 1. The first kappa shape index (κ1) is 10.5. The molecular weight excluding hydrogens is 168 g/mol. The Kier molecular flexibility index (Phi) is 4.18. The molecule has 4 heteroatoms. The lowest BCUT2D eigenvalue weighted by molar-refractivity contribution is -0.136. The predicted molar refractivity (Wildman–Crippen MR) is 50.7 cm³/mol. The van der Waals surface area contributed by atoms with Gasteiger partial charge in [-0.3, -0.25) is 4.79 Å². The number of nitrogens with one attached hydrogen (secondary N) is 1. The maximum absolute atomic E-state index is 10.2. The summed E-state index contributed by atoms with van der Waals surface area (Å²) < 4.78 is 0. The van der Waals surface area contributed by atoms with Crippen LogP contribution in [0.15, 0.2) is 0 Å². The number of hydrogen-bond donors (Lipinski definition) is 2. The lowest BCUT2D eigenvalue weighted by Crippen LogP contribution is -2.38. The van der Waals surface area contributed by atoms with Crippen molar-refractivity contribution in [3.05, 3.63) is 0 Å². The largest absolute Gasteiger partial charge is 0.480 e. The van der Waals surface area contributed by atoms with E-state index in [0.29, 0.717) is 5.92 Å². The van der Waals surface area contributed by atoms with Crippen molar-refractivity contribution in [2.45, 2.75) is 12.8 Å². The second kappa shape index (κ2) is 5.19.